The lowest BCUT2D eigenvalue weighted by molar-refractivity contribution is 0.171. The first-order chi connectivity index (χ1) is 14.4. The number of hydrogen-bond donors (Lipinski definition) is 5. The van der Waals surface area contributed by atoms with Crippen molar-refractivity contribution in [2.24, 2.45) is 0 Å². The molecule has 0 amide bonds. The first kappa shape index (κ1) is 20.6. The van der Waals surface area contributed by atoms with Crippen LogP contribution >= 0.6 is 0 Å². The predicted octanol–water partition coefficient (Wildman–Crippen LogP) is 2.64. The first-order valence-electron chi connectivity index (χ1n) is 10.5. The summed E-state index contributed by atoms with van der Waals surface area (Å²) >= 11 is 0. The largest absolute Gasteiger partial charge is 0.506 e. The third-order valence-corrected chi connectivity index (χ3v) is 6.09. The Labute approximate surface area is 175 Å². The van der Waals surface area contributed by atoms with Gasteiger partial charge in [0, 0.05) is 24.0 Å². The van der Waals surface area contributed by atoms with E-state index in [1.54, 1.807) is 19.1 Å². The Morgan fingerprint density at radius 1 is 1.10 bits per heavy atom. The van der Waals surface area contributed by atoms with Crippen LogP contribution in [0.5, 0.6) is 5.75 Å². The Morgan fingerprint density at radius 2 is 1.83 bits per heavy atom. The third kappa shape index (κ3) is 3.86. The summed E-state index contributed by atoms with van der Waals surface area (Å²) in [6, 6.07) is 10.7. The van der Waals surface area contributed by atoms with Crippen molar-refractivity contribution in [3.63, 3.8) is 0 Å². The topological polar surface area (TPSA) is 106 Å². The quantitative estimate of drug-likeness (QED) is 0.431. The fourth-order valence-corrected chi connectivity index (χ4v) is 4.52. The minimum absolute atomic E-state index is 0.0153. The van der Waals surface area contributed by atoms with Gasteiger partial charge < -0.3 is 25.6 Å². The zero-order valence-electron chi connectivity index (χ0n) is 17.3. The van der Waals surface area contributed by atoms with Gasteiger partial charge in [-0.1, -0.05) is 25.1 Å². The van der Waals surface area contributed by atoms with Gasteiger partial charge in [-0.25, -0.2) is 0 Å². The van der Waals surface area contributed by atoms with Crippen molar-refractivity contribution in [2.45, 2.75) is 51.4 Å². The van der Waals surface area contributed by atoms with Crippen molar-refractivity contribution < 1.29 is 15.3 Å². The maximum atomic E-state index is 11.6. The Kier molecular flexibility index (Phi) is 5.64. The molecule has 2 unspecified atom stereocenters. The van der Waals surface area contributed by atoms with Gasteiger partial charge in [0.25, 0.3) is 0 Å². The fourth-order valence-electron chi connectivity index (χ4n) is 4.52. The van der Waals surface area contributed by atoms with Crippen LogP contribution in [-0.4, -0.2) is 32.9 Å². The van der Waals surface area contributed by atoms with Crippen LogP contribution in [-0.2, 0) is 19.3 Å². The number of phenols is 1. The first-order valence-corrected chi connectivity index (χ1v) is 10.5. The van der Waals surface area contributed by atoms with Crippen molar-refractivity contribution in [3.8, 4) is 5.75 Å². The summed E-state index contributed by atoms with van der Waals surface area (Å²) in [7, 11) is 0. The van der Waals surface area contributed by atoms with Crippen LogP contribution < -0.4 is 10.9 Å². The molecule has 0 radical (unpaired) electrons. The van der Waals surface area contributed by atoms with E-state index in [4.69, 9.17) is 0 Å². The number of benzene rings is 2. The van der Waals surface area contributed by atoms with Gasteiger partial charge in [0.1, 0.15) is 5.75 Å². The van der Waals surface area contributed by atoms with Crippen LogP contribution in [0.15, 0.2) is 41.2 Å². The number of aromatic nitrogens is 1. The molecule has 1 heterocycles. The second kappa shape index (κ2) is 8.22. The Bertz CT molecular complexity index is 1140. The van der Waals surface area contributed by atoms with Crippen molar-refractivity contribution >= 4 is 10.9 Å². The van der Waals surface area contributed by atoms with Crippen LogP contribution in [0.3, 0.4) is 0 Å². The molecule has 5 N–H and O–H groups in total. The summed E-state index contributed by atoms with van der Waals surface area (Å²) in [4.78, 5) is 14.2. The smallest absolute Gasteiger partial charge is 0.248 e. The number of phenolic OH excluding ortho intramolecular Hbond substituents is 1. The molecule has 30 heavy (non-hydrogen) atoms. The summed E-state index contributed by atoms with van der Waals surface area (Å²) in [5.74, 6) is -0.0153. The number of H-pyrrole nitrogens is 1. The molecule has 0 spiro atoms. The minimum Gasteiger partial charge on any atom is -0.506 e. The second-order valence-corrected chi connectivity index (χ2v) is 8.16. The molecule has 4 rings (SSSR count). The van der Waals surface area contributed by atoms with Gasteiger partial charge in [0.05, 0.1) is 17.7 Å². The molecule has 2 aromatic carbocycles. The average Bonchev–Trinajstić information content (AvgIpc) is 3.13. The highest BCUT2D eigenvalue weighted by molar-refractivity contribution is 5.87. The van der Waals surface area contributed by atoms with E-state index >= 15 is 0 Å². The number of aliphatic hydroxyl groups excluding tert-OH is 2. The van der Waals surface area contributed by atoms with Crippen LogP contribution in [0.2, 0.25) is 0 Å². The predicted molar refractivity (Wildman–Crippen MR) is 117 cm³/mol. The SMILES string of the molecule is CCc1cc2c(cc1C(C)O)CC(NC[C@@H](O)c1ccc(O)c3[nH]c(=O)ccc13)C2. The molecule has 0 bridgehead atoms. The Balaban J connectivity index is 1.49. The zero-order valence-corrected chi connectivity index (χ0v) is 17.3. The molecule has 1 aliphatic carbocycles. The number of aromatic hydroxyl groups is 1. The Morgan fingerprint density at radius 3 is 2.53 bits per heavy atom. The zero-order chi connectivity index (χ0) is 21.4. The van der Waals surface area contributed by atoms with E-state index in [0.717, 1.165) is 24.8 Å². The number of hydrogen-bond acceptors (Lipinski definition) is 5. The lowest BCUT2D eigenvalue weighted by atomic mass is 9.95. The number of pyridine rings is 1. The van der Waals surface area contributed by atoms with Gasteiger partial charge >= 0.3 is 0 Å². The minimum atomic E-state index is -0.776. The lowest BCUT2D eigenvalue weighted by Gasteiger charge is -2.18. The molecule has 3 atom stereocenters. The van der Waals surface area contributed by atoms with E-state index in [2.05, 4.69) is 29.4 Å². The molecule has 0 saturated heterocycles. The van der Waals surface area contributed by atoms with Crippen molar-refractivity contribution in [1.82, 2.24) is 10.3 Å². The van der Waals surface area contributed by atoms with Gasteiger partial charge in [-0.3, -0.25) is 4.79 Å². The van der Waals surface area contributed by atoms with E-state index in [1.165, 1.54) is 28.8 Å². The highest BCUT2D eigenvalue weighted by Gasteiger charge is 2.24. The molecule has 1 aromatic heterocycles. The van der Waals surface area contributed by atoms with Crippen molar-refractivity contribution in [3.05, 3.63) is 74.6 Å². The van der Waals surface area contributed by atoms with E-state index in [-0.39, 0.29) is 17.4 Å². The molecular weight excluding hydrogens is 380 g/mol. The van der Waals surface area contributed by atoms with Crippen molar-refractivity contribution in [2.75, 3.05) is 6.54 Å². The number of rotatable bonds is 6. The molecule has 6 heteroatoms. The molecule has 158 valence electrons. The monoisotopic (exact) mass is 408 g/mol. The maximum Gasteiger partial charge on any atom is 0.248 e. The molecule has 1 aliphatic rings. The fraction of sp³-hybridized carbons (Fsp3) is 0.375. The number of fused-ring (bicyclic) bond motifs is 2. The molecular formula is C24H28N2O4. The Hall–Kier alpha value is -2.67. The van der Waals surface area contributed by atoms with Gasteiger partial charge in [-0.15, -0.1) is 0 Å². The molecule has 0 aliphatic heterocycles. The molecule has 6 nitrogen and oxygen atoms in total. The van der Waals surface area contributed by atoms with Crippen LogP contribution in [0, 0.1) is 0 Å². The van der Waals surface area contributed by atoms with E-state index in [0.29, 0.717) is 23.0 Å². The van der Waals surface area contributed by atoms with Crippen LogP contribution in [0.1, 0.15) is 53.9 Å². The van der Waals surface area contributed by atoms with Gasteiger partial charge in [-0.05, 0) is 66.1 Å². The molecule has 0 fully saturated rings. The highest BCUT2D eigenvalue weighted by atomic mass is 16.3. The van der Waals surface area contributed by atoms with E-state index in [9.17, 15) is 20.1 Å². The lowest BCUT2D eigenvalue weighted by Crippen LogP contribution is -2.33. The number of aromatic amines is 1. The summed E-state index contributed by atoms with van der Waals surface area (Å²) in [6.45, 7) is 4.27. The normalized spacial score (nSPS) is 17.8. The molecule has 0 saturated carbocycles. The maximum absolute atomic E-state index is 11.6. The summed E-state index contributed by atoms with van der Waals surface area (Å²) in [5.41, 5.74) is 5.44. The van der Waals surface area contributed by atoms with Gasteiger partial charge in [0.2, 0.25) is 5.56 Å². The summed E-state index contributed by atoms with van der Waals surface area (Å²) in [6.07, 6.45) is 1.38. The summed E-state index contributed by atoms with van der Waals surface area (Å²) < 4.78 is 0. The van der Waals surface area contributed by atoms with E-state index < -0.39 is 12.2 Å². The third-order valence-electron chi connectivity index (χ3n) is 6.09. The van der Waals surface area contributed by atoms with Gasteiger partial charge in [-0.2, -0.15) is 0 Å². The molecule has 3 aromatic rings. The standard InChI is InChI=1S/C24H28N2O4/c1-3-14-8-15-9-17(10-16(15)11-20(14)13(2)27)25-12-22(29)18-4-6-21(28)24-19(18)5-7-23(30)26-24/h4-8,11,13,17,22,25,27-29H,3,9-10,12H2,1-2H3,(H,26,30)/t13?,17?,22-/m1/s1. The average molecular weight is 408 g/mol. The van der Waals surface area contributed by atoms with Crippen LogP contribution in [0.25, 0.3) is 10.9 Å². The number of nitrogens with one attached hydrogen (secondary N) is 2. The number of aliphatic hydroxyl groups is 2. The summed E-state index contributed by atoms with van der Waals surface area (Å²) in [5, 5.41) is 35.0. The van der Waals surface area contributed by atoms with Crippen molar-refractivity contribution in [1.29, 1.82) is 0 Å². The number of aryl methyl sites for hydroxylation is 1. The van der Waals surface area contributed by atoms with E-state index in [1.807, 2.05) is 0 Å². The van der Waals surface area contributed by atoms with Crippen LogP contribution in [0.4, 0.5) is 0 Å². The second-order valence-electron chi connectivity index (χ2n) is 8.16. The highest BCUT2D eigenvalue weighted by Crippen LogP contribution is 2.31. The van der Waals surface area contributed by atoms with Gasteiger partial charge in [0.15, 0.2) is 0 Å².